The van der Waals surface area contributed by atoms with Gasteiger partial charge in [-0.3, -0.25) is 4.79 Å². The van der Waals surface area contributed by atoms with Gasteiger partial charge in [0.2, 0.25) is 0 Å². The molecule has 1 unspecified atom stereocenters. The number of carbonyl (C=O) groups excluding carboxylic acids is 1. The van der Waals surface area contributed by atoms with Gasteiger partial charge in [-0.05, 0) is 36.6 Å². The van der Waals surface area contributed by atoms with Crippen LogP contribution in [0.2, 0.25) is 0 Å². The zero-order valence-corrected chi connectivity index (χ0v) is 14.7. The van der Waals surface area contributed by atoms with E-state index in [1.54, 1.807) is 7.11 Å². The number of hydrogen-bond acceptors (Lipinski definition) is 3. The van der Waals surface area contributed by atoms with Gasteiger partial charge in [0.05, 0.1) is 13.0 Å². The molecule has 0 aliphatic carbocycles. The molecule has 0 N–H and O–H groups in total. The minimum atomic E-state index is -0.138. The molecular weight excluding hydrogens is 300 g/mol. The van der Waals surface area contributed by atoms with Gasteiger partial charge in [-0.25, -0.2) is 0 Å². The molecule has 2 aromatic rings. The van der Waals surface area contributed by atoms with Crippen LogP contribution in [0.4, 0.5) is 0 Å². The highest BCUT2D eigenvalue weighted by molar-refractivity contribution is 5.79. The first-order valence-corrected chi connectivity index (χ1v) is 8.64. The predicted molar refractivity (Wildman–Crippen MR) is 97.4 cm³/mol. The van der Waals surface area contributed by atoms with Crippen LogP contribution in [0, 0.1) is 5.92 Å². The summed E-state index contributed by atoms with van der Waals surface area (Å²) in [5.74, 6) is 1.21. The first-order valence-electron chi connectivity index (χ1n) is 8.64. The van der Waals surface area contributed by atoms with E-state index in [4.69, 9.17) is 9.47 Å². The highest BCUT2D eigenvalue weighted by Gasteiger charge is 2.19. The highest BCUT2D eigenvalue weighted by atomic mass is 16.5. The molecule has 0 radical (unpaired) electrons. The lowest BCUT2D eigenvalue weighted by atomic mass is 9.99. The zero-order valence-electron chi connectivity index (χ0n) is 14.7. The van der Waals surface area contributed by atoms with Crippen LogP contribution >= 0.6 is 0 Å². The third-order valence-electron chi connectivity index (χ3n) is 4.21. The van der Waals surface area contributed by atoms with Crippen LogP contribution < -0.4 is 9.47 Å². The molecule has 0 heterocycles. The fourth-order valence-corrected chi connectivity index (χ4v) is 2.72. The Hall–Kier alpha value is -2.29. The van der Waals surface area contributed by atoms with Gasteiger partial charge in [-0.1, -0.05) is 57.0 Å². The topological polar surface area (TPSA) is 35.5 Å². The molecule has 2 aromatic carbocycles. The minimum Gasteiger partial charge on any atom is -0.497 e. The second-order valence-electron chi connectivity index (χ2n) is 5.90. The number of ether oxygens (including phenoxy) is 2. The third kappa shape index (κ3) is 4.60. The van der Waals surface area contributed by atoms with Crippen LogP contribution in [0.25, 0.3) is 11.1 Å². The summed E-state index contributed by atoms with van der Waals surface area (Å²) in [4.78, 5) is 12.5. The van der Waals surface area contributed by atoms with Crippen molar-refractivity contribution >= 4 is 5.97 Å². The van der Waals surface area contributed by atoms with Gasteiger partial charge in [-0.2, -0.15) is 0 Å². The van der Waals surface area contributed by atoms with E-state index in [9.17, 15) is 4.79 Å². The lowest BCUT2D eigenvalue weighted by molar-refractivity contribution is -0.139. The molecule has 2 rings (SSSR count). The summed E-state index contributed by atoms with van der Waals surface area (Å²) in [6, 6.07) is 15.4. The summed E-state index contributed by atoms with van der Waals surface area (Å²) < 4.78 is 11.0. The van der Waals surface area contributed by atoms with Crippen molar-refractivity contribution in [2.45, 2.75) is 39.5 Å². The summed E-state index contributed by atoms with van der Waals surface area (Å²) in [6.07, 6.45) is 3.82. The molecule has 0 aromatic heterocycles. The maximum atomic E-state index is 12.5. The van der Waals surface area contributed by atoms with Crippen molar-refractivity contribution < 1.29 is 14.3 Å². The number of carbonyl (C=O) groups is 1. The Morgan fingerprint density at radius 2 is 1.88 bits per heavy atom. The normalized spacial score (nSPS) is 11.8. The second-order valence-corrected chi connectivity index (χ2v) is 5.90. The molecule has 0 spiro atoms. The van der Waals surface area contributed by atoms with Gasteiger partial charge in [0.1, 0.15) is 11.5 Å². The Labute approximate surface area is 144 Å². The number of esters is 1. The van der Waals surface area contributed by atoms with Crippen molar-refractivity contribution in [1.82, 2.24) is 0 Å². The Kier molecular flexibility index (Phi) is 6.86. The average molecular weight is 326 g/mol. The van der Waals surface area contributed by atoms with Gasteiger partial charge in [-0.15, -0.1) is 0 Å². The van der Waals surface area contributed by atoms with Crippen molar-refractivity contribution in [3.8, 4) is 22.6 Å². The zero-order chi connectivity index (χ0) is 17.4. The summed E-state index contributed by atoms with van der Waals surface area (Å²) in [5, 5.41) is 0. The number of para-hydroxylation sites is 1. The monoisotopic (exact) mass is 326 g/mol. The van der Waals surface area contributed by atoms with Gasteiger partial charge in [0.25, 0.3) is 0 Å². The molecule has 0 bridgehead atoms. The molecule has 3 nitrogen and oxygen atoms in total. The van der Waals surface area contributed by atoms with Crippen LogP contribution in [-0.4, -0.2) is 13.1 Å². The molecule has 0 saturated carbocycles. The number of benzene rings is 2. The minimum absolute atomic E-state index is 0.0386. The van der Waals surface area contributed by atoms with Crippen LogP contribution in [0.15, 0.2) is 48.5 Å². The van der Waals surface area contributed by atoms with Gasteiger partial charge >= 0.3 is 5.97 Å². The second kappa shape index (κ2) is 9.11. The molecule has 0 aliphatic rings. The summed E-state index contributed by atoms with van der Waals surface area (Å²) >= 11 is 0. The first-order chi connectivity index (χ1) is 11.7. The van der Waals surface area contributed by atoms with Crippen LogP contribution in [0.1, 0.15) is 39.5 Å². The summed E-state index contributed by atoms with van der Waals surface area (Å²) in [5.41, 5.74) is 1.87. The Bertz CT molecular complexity index is 664. The molecule has 3 heteroatoms. The molecule has 0 aliphatic heterocycles. The summed E-state index contributed by atoms with van der Waals surface area (Å²) in [6.45, 7) is 4.17. The Morgan fingerprint density at radius 3 is 2.58 bits per heavy atom. The number of unbranched alkanes of at least 4 members (excludes halogenated alkanes) is 1. The van der Waals surface area contributed by atoms with Crippen molar-refractivity contribution in [1.29, 1.82) is 0 Å². The molecule has 24 heavy (non-hydrogen) atoms. The van der Waals surface area contributed by atoms with E-state index in [-0.39, 0.29) is 11.9 Å². The Balaban J connectivity index is 2.23. The fraction of sp³-hybridized carbons (Fsp3) is 0.381. The van der Waals surface area contributed by atoms with Crippen molar-refractivity contribution in [3.63, 3.8) is 0 Å². The van der Waals surface area contributed by atoms with E-state index >= 15 is 0 Å². The largest absolute Gasteiger partial charge is 0.497 e. The van der Waals surface area contributed by atoms with E-state index in [0.717, 1.165) is 42.6 Å². The maximum Gasteiger partial charge on any atom is 0.314 e. The lowest BCUT2D eigenvalue weighted by Crippen LogP contribution is -2.20. The first kappa shape index (κ1) is 18.1. The summed E-state index contributed by atoms with van der Waals surface area (Å²) in [7, 11) is 1.64. The molecule has 128 valence electrons. The van der Waals surface area contributed by atoms with Crippen LogP contribution in [0.3, 0.4) is 0 Å². The number of hydrogen-bond donors (Lipinski definition) is 0. The van der Waals surface area contributed by atoms with Crippen LogP contribution in [-0.2, 0) is 4.79 Å². The molecule has 0 fully saturated rings. The standard InChI is InChI=1S/C21H26O3/c1-4-6-10-16(5-2)21(22)24-20-14-8-7-13-19(20)17-11-9-12-18(15-17)23-3/h7-9,11-16H,4-6,10H2,1-3H3. The van der Waals surface area contributed by atoms with Crippen molar-refractivity contribution in [3.05, 3.63) is 48.5 Å². The third-order valence-corrected chi connectivity index (χ3v) is 4.21. The van der Waals surface area contributed by atoms with Gasteiger partial charge < -0.3 is 9.47 Å². The Morgan fingerprint density at radius 1 is 1.08 bits per heavy atom. The average Bonchev–Trinajstić information content (AvgIpc) is 2.63. The fourth-order valence-electron chi connectivity index (χ4n) is 2.72. The number of rotatable bonds is 8. The van der Waals surface area contributed by atoms with Crippen LogP contribution in [0.5, 0.6) is 11.5 Å². The van der Waals surface area contributed by atoms with E-state index in [0.29, 0.717) is 5.75 Å². The molecule has 0 saturated heterocycles. The maximum absolute atomic E-state index is 12.5. The predicted octanol–water partition coefficient (Wildman–Crippen LogP) is 5.48. The molecule has 0 amide bonds. The molecular formula is C21H26O3. The van der Waals surface area contributed by atoms with Crippen molar-refractivity contribution in [2.75, 3.05) is 7.11 Å². The smallest absolute Gasteiger partial charge is 0.314 e. The van der Waals surface area contributed by atoms with E-state index < -0.39 is 0 Å². The van der Waals surface area contributed by atoms with E-state index in [2.05, 4.69) is 6.92 Å². The van der Waals surface area contributed by atoms with Gasteiger partial charge in [0, 0.05) is 5.56 Å². The van der Waals surface area contributed by atoms with E-state index in [1.807, 2.05) is 55.5 Å². The van der Waals surface area contributed by atoms with Gasteiger partial charge in [0.15, 0.2) is 0 Å². The van der Waals surface area contributed by atoms with Crippen molar-refractivity contribution in [2.24, 2.45) is 5.92 Å². The van der Waals surface area contributed by atoms with E-state index in [1.165, 1.54) is 0 Å². The lowest BCUT2D eigenvalue weighted by Gasteiger charge is -2.16. The quantitative estimate of drug-likeness (QED) is 0.476. The molecule has 1 atom stereocenters. The number of methoxy groups -OCH3 is 1. The SMILES string of the molecule is CCCCC(CC)C(=O)Oc1ccccc1-c1cccc(OC)c1. The highest BCUT2D eigenvalue weighted by Crippen LogP contribution is 2.32.